The predicted octanol–water partition coefficient (Wildman–Crippen LogP) is 2.32. The van der Waals surface area contributed by atoms with Crippen molar-refractivity contribution in [2.45, 2.75) is 13.5 Å². The first-order chi connectivity index (χ1) is 8.60. The van der Waals surface area contributed by atoms with Gasteiger partial charge in [0.2, 0.25) is 0 Å². The number of halogens is 1. The molecule has 0 fully saturated rings. The molecule has 2 aromatic heterocycles. The number of aromatic nitrogens is 2. The molecule has 94 valence electrons. The zero-order valence-electron chi connectivity index (χ0n) is 9.61. The van der Waals surface area contributed by atoms with E-state index < -0.39 is 0 Å². The summed E-state index contributed by atoms with van der Waals surface area (Å²) in [6.07, 6.45) is 1.59. The Hall–Kier alpha value is -1.31. The molecule has 0 bridgehead atoms. The van der Waals surface area contributed by atoms with E-state index in [1.165, 1.54) is 11.3 Å². The minimum Gasteiger partial charge on any atom is -0.325 e. The minimum atomic E-state index is -0.255. The molecule has 0 atom stereocenters. The summed E-state index contributed by atoms with van der Waals surface area (Å²) in [5, 5.41) is 5.18. The Labute approximate surface area is 117 Å². The van der Waals surface area contributed by atoms with E-state index in [0.717, 1.165) is 15.2 Å². The molecule has 1 amide bonds. The number of rotatable bonds is 3. The van der Waals surface area contributed by atoms with Crippen molar-refractivity contribution in [1.29, 1.82) is 0 Å². The van der Waals surface area contributed by atoms with Crippen molar-refractivity contribution in [3.63, 3.8) is 0 Å². The highest BCUT2D eigenvalue weighted by Gasteiger charge is 2.11. The van der Waals surface area contributed by atoms with Crippen molar-refractivity contribution in [3.8, 4) is 0 Å². The van der Waals surface area contributed by atoms with Crippen LogP contribution in [0.4, 0.5) is 5.69 Å². The van der Waals surface area contributed by atoms with Gasteiger partial charge in [0.1, 0.15) is 15.3 Å². The summed E-state index contributed by atoms with van der Waals surface area (Å²) in [6.45, 7) is 2.25. The third-order valence-electron chi connectivity index (χ3n) is 2.23. The molecule has 0 unspecified atom stereocenters. The van der Waals surface area contributed by atoms with Crippen LogP contribution in [0.2, 0.25) is 0 Å². The predicted molar refractivity (Wildman–Crippen MR) is 74.6 cm³/mol. The van der Waals surface area contributed by atoms with Gasteiger partial charge in [0.05, 0.1) is 11.9 Å². The van der Waals surface area contributed by atoms with Gasteiger partial charge in [0, 0.05) is 11.9 Å². The summed E-state index contributed by atoms with van der Waals surface area (Å²) >= 11 is 4.68. The maximum absolute atomic E-state index is 11.9. The van der Waals surface area contributed by atoms with Crippen molar-refractivity contribution in [2.24, 2.45) is 5.73 Å². The Morgan fingerprint density at radius 2 is 2.39 bits per heavy atom. The van der Waals surface area contributed by atoms with E-state index in [1.807, 2.05) is 13.0 Å². The number of nitrogens with one attached hydrogen (secondary N) is 1. The molecule has 2 rings (SSSR count). The van der Waals surface area contributed by atoms with Crippen molar-refractivity contribution in [3.05, 3.63) is 38.5 Å². The van der Waals surface area contributed by atoms with Gasteiger partial charge in [-0.1, -0.05) is 0 Å². The average Bonchev–Trinajstić information content (AvgIpc) is 2.82. The molecule has 0 aliphatic rings. The van der Waals surface area contributed by atoms with Crippen LogP contribution >= 0.6 is 27.3 Å². The fourth-order valence-corrected chi connectivity index (χ4v) is 2.20. The largest absolute Gasteiger partial charge is 0.325 e. The normalized spacial score (nSPS) is 10.4. The Morgan fingerprint density at radius 1 is 1.61 bits per heavy atom. The van der Waals surface area contributed by atoms with E-state index in [4.69, 9.17) is 5.73 Å². The van der Waals surface area contributed by atoms with Gasteiger partial charge in [-0.05, 0) is 34.5 Å². The lowest BCUT2D eigenvalue weighted by molar-refractivity contribution is 0.102. The number of carbonyl (C=O) groups excluding carboxylic acids is 1. The molecule has 0 spiro atoms. The second kappa shape index (κ2) is 5.55. The van der Waals surface area contributed by atoms with Crippen LogP contribution in [-0.2, 0) is 6.54 Å². The lowest BCUT2D eigenvalue weighted by Crippen LogP contribution is -2.13. The molecule has 0 saturated carbocycles. The first-order valence-corrected chi connectivity index (χ1v) is 6.85. The maximum Gasteiger partial charge on any atom is 0.275 e. The zero-order chi connectivity index (χ0) is 13.1. The quantitative estimate of drug-likeness (QED) is 0.848. The van der Waals surface area contributed by atoms with Crippen LogP contribution < -0.4 is 11.1 Å². The fourth-order valence-electron chi connectivity index (χ4n) is 1.33. The van der Waals surface area contributed by atoms with E-state index >= 15 is 0 Å². The number of nitrogens with zero attached hydrogens (tertiary/aromatic N) is 2. The first-order valence-electron chi connectivity index (χ1n) is 5.18. The van der Waals surface area contributed by atoms with Gasteiger partial charge in [-0.2, -0.15) is 0 Å². The van der Waals surface area contributed by atoms with Crippen LogP contribution in [0.15, 0.2) is 22.2 Å². The van der Waals surface area contributed by atoms with Gasteiger partial charge in [-0.15, -0.1) is 11.3 Å². The Morgan fingerprint density at radius 3 is 3.00 bits per heavy atom. The number of nitrogens with two attached hydrogens (primary N) is 1. The molecule has 0 aliphatic carbocycles. The maximum atomic E-state index is 11.9. The second-order valence-corrected chi connectivity index (χ2v) is 5.31. The van der Waals surface area contributed by atoms with Crippen LogP contribution in [0.3, 0.4) is 0 Å². The van der Waals surface area contributed by atoms with E-state index in [1.54, 1.807) is 11.6 Å². The topological polar surface area (TPSA) is 80.9 Å². The first kappa shape index (κ1) is 13.1. The van der Waals surface area contributed by atoms with E-state index in [2.05, 4.69) is 31.2 Å². The van der Waals surface area contributed by atoms with Crippen LogP contribution in [0.5, 0.6) is 0 Å². The molecule has 0 radical (unpaired) electrons. The number of amides is 1. The molecule has 0 aliphatic heterocycles. The van der Waals surface area contributed by atoms with Crippen LogP contribution in [-0.4, -0.2) is 15.9 Å². The molecule has 5 nitrogen and oxygen atoms in total. The summed E-state index contributed by atoms with van der Waals surface area (Å²) in [5.74, 6) is -0.255. The highest BCUT2D eigenvalue weighted by atomic mass is 79.9. The second-order valence-electron chi connectivity index (χ2n) is 3.62. The summed E-state index contributed by atoms with van der Waals surface area (Å²) in [7, 11) is 0. The third kappa shape index (κ3) is 2.92. The van der Waals surface area contributed by atoms with Crippen molar-refractivity contribution >= 4 is 38.9 Å². The molecular formula is C11H11BrN4OS. The third-order valence-corrected chi connectivity index (χ3v) is 3.93. The monoisotopic (exact) mass is 326 g/mol. The molecular weight excluding hydrogens is 316 g/mol. The van der Waals surface area contributed by atoms with E-state index in [-0.39, 0.29) is 5.91 Å². The highest BCUT2D eigenvalue weighted by molar-refractivity contribution is 9.10. The SMILES string of the molecule is Cc1cc(NC(=O)c2csc(CN)n2)cnc1Br. The zero-order valence-corrected chi connectivity index (χ0v) is 12.0. The number of thiazole rings is 1. The number of hydrogen-bond donors (Lipinski definition) is 2. The van der Waals surface area contributed by atoms with Gasteiger partial charge in [0.15, 0.2) is 0 Å². The summed E-state index contributed by atoms with van der Waals surface area (Å²) in [4.78, 5) is 20.1. The average molecular weight is 327 g/mol. The molecule has 0 saturated heterocycles. The Balaban J connectivity index is 2.13. The minimum absolute atomic E-state index is 0.255. The van der Waals surface area contributed by atoms with E-state index in [9.17, 15) is 4.79 Å². The van der Waals surface area contributed by atoms with Gasteiger partial charge < -0.3 is 11.1 Å². The number of carbonyl (C=O) groups is 1. The van der Waals surface area contributed by atoms with Crippen LogP contribution in [0.25, 0.3) is 0 Å². The summed E-state index contributed by atoms with van der Waals surface area (Å²) < 4.78 is 0.763. The fraction of sp³-hybridized carbons (Fsp3) is 0.182. The van der Waals surface area contributed by atoms with E-state index in [0.29, 0.717) is 17.9 Å². The molecule has 0 aromatic carbocycles. The summed E-state index contributed by atoms with van der Waals surface area (Å²) in [5.41, 5.74) is 7.42. The Bertz CT molecular complexity index is 584. The van der Waals surface area contributed by atoms with Crippen LogP contribution in [0, 0.1) is 6.92 Å². The van der Waals surface area contributed by atoms with Gasteiger partial charge in [0.25, 0.3) is 5.91 Å². The van der Waals surface area contributed by atoms with Crippen molar-refractivity contribution in [1.82, 2.24) is 9.97 Å². The number of pyridine rings is 1. The molecule has 3 N–H and O–H groups in total. The van der Waals surface area contributed by atoms with Gasteiger partial charge in [-0.25, -0.2) is 9.97 Å². The van der Waals surface area contributed by atoms with Crippen molar-refractivity contribution in [2.75, 3.05) is 5.32 Å². The standard InChI is InChI=1S/C11H11BrN4OS/c1-6-2-7(4-14-10(6)12)15-11(17)8-5-18-9(3-13)16-8/h2,4-5H,3,13H2,1H3,(H,15,17). The lowest BCUT2D eigenvalue weighted by atomic mass is 10.3. The van der Waals surface area contributed by atoms with Crippen molar-refractivity contribution < 1.29 is 4.79 Å². The smallest absolute Gasteiger partial charge is 0.275 e. The highest BCUT2D eigenvalue weighted by Crippen LogP contribution is 2.17. The number of hydrogen-bond acceptors (Lipinski definition) is 5. The lowest BCUT2D eigenvalue weighted by Gasteiger charge is -2.04. The molecule has 7 heteroatoms. The van der Waals surface area contributed by atoms with Gasteiger partial charge >= 0.3 is 0 Å². The Kier molecular flexibility index (Phi) is 4.05. The molecule has 2 aromatic rings. The number of aryl methyl sites for hydroxylation is 1. The van der Waals surface area contributed by atoms with Crippen LogP contribution in [0.1, 0.15) is 21.1 Å². The summed E-state index contributed by atoms with van der Waals surface area (Å²) in [6, 6.07) is 1.84. The molecule has 18 heavy (non-hydrogen) atoms. The van der Waals surface area contributed by atoms with Gasteiger partial charge in [-0.3, -0.25) is 4.79 Å². The molecule has 2 heterocycles. The number of anilines is 1.